The number of hydrogen-bond acceptors (Lipinski definition) is 8. The Hall–Kier alpha value is -3.86. The van der Waals surface area contributed by atoms with Crippen molar-refractivity contribution in [2.45, 2.75) is 6.42 Å². The van der Waals surface area contributed by atoms with E-state index < -0.39 is 17.8 Å². The molecule has 1 aromatic carbocycles. The summed E-state index contributed by atoms with van der Waals surface area (Å²) in [5.41, 5.74) is 3.63. The quantitative estimate of drug-likeness (QED) is 0.540. The van der Waals surface area contributed by atoms with E-state index in [1.54, 1.807) is 0 Å². The van der Waals surface area contributed by atoms with Crippen LogP contribution in [0.3, 0.4) is 0 Å². The zero-order valence-corrected chi connectivity index (χ0v) is 18.6. The summed E-state index contributed by atoms with van der Waals surface area (Å²) in [6, 6.07) is 8.37. The number of nitrogens with one attached hydrogen (secondary N) is 1. The summed E-state index contributed by atoms with van der Waals surface area (Å²) in [6.07, 6.45) is 4.54. The molecule has 0 atom stereocenters. The van der Waals surface area contributed by atoms with Crippen molar-refractivity contribution in [3.8, 4) is 0 Å². The first-order valence-electron chi connectivity index (χ1n) is 10.9. The zero-order chi connectivity index (χ0) is 24.3. The van der Waals surface area contributed by atoms with Gasteiger partial charge < -0.3 is 20.4 Å². The van der Waals surface area contributed by atoms with E-state index >= 15 is 0 Å². The lowest BCUT2D eigenvalue weighted by atomic mass is 10.0. The number of nitrogens with zero attached hydrogens (tertiary/aromatic N) is 5. The number of aromatic nitrogens is 2. The van der Waals surface area contributed by atoms with Crippen molar-refractivity contribution >= 4 is 29.3 Å². The van der Waals surface area contributed by atoms with Gasteiger partial charge in [0.2, 0.25) is 5.95 Å². The Balaban J connectivity index is 0.000000350. The summed E-state index contributed by atoms with van der Waals surface area (Å²) in [5, 5.41) is 19.0. The molecule has 10 nitrogen and oxygen atoms in total. The molecule has 34 heavy (non-hydrogen) atoms. The van der Waals surface area contributed by atoms with Gasteiger partial charge in [0, 0.05) is 74.8 Å². The van der Waals surface area contributed by atoms with Crippen molar-refractivity contribution in [2.24, 2.45) is 4.99 Å². The first-order chi connectivity index (χ1) is 16.4. The topological polar surface area (TPSA) is 131 Å². The molecule has 180 valence electrons. The molecule has 0 saturated carbocycles. The fraction of sp³-hybridized carbons (Fsp3) is 0.348. The second kappa shape index (κ2) is 12.4. The monoisotopic (exact) mass is 470 g/mol. The number of hydrogen-bond donors (Lipinski definition) is 3. The molecular weight excluding hydrogens is 443 g/mol. The molecule has 0 amide bonds. The first kappa shape index (κ1) is 24.8. The molecule has 2 aliphatic heterocycles. The van der Waals surface area contributed by atoms with Crippen LogP contribution in [0.2, 0.25) is 0 Å². The van der Waals surface area contributed by atoms with Crippen molar-refractivity contribution in [1.82, 2.24) is 14.9 Å². The number of anilines is 2. The van der Waals surface area contributed by atoms with Crippen LogP contribution >= 0.6 is 0 Å². The second-order valence-electron chi connectivity index (χ2n) is 7.59. The Morgan fingerprint density at radius 2 is 1.71 bits per heavy atom. The van der Waals surface area contributed by atoms with Gasteiger partial charge in [0.25, 0.3) is 0 Å². The van der Waals surface area contributed by atoms with Gasteiger partial charge in [-0.3, -0.25) is 9.89 Å². The van der Waals surface area contributed by atoms with E-state index in [0.29, 0.717) is 18.1 Å². The highest BCUT2D eigenvalue weighted by Gasteiger charge is 2.19. The Bertz CT molecular complexity index is 1020. The van der Waals surface area contributed by atoms with Crippen molar-refractivity contribution in [2.75, 3.05) is 56.0 Å². The summed E-state index contributed by atoms with van der Waals surface area (Å²) >= 11 is 0. The summed E-state index contributed by atoms with van der Waals surface area (Å²) in [4.78, 5) is 36.6. The lowest BCUT2D eigenvalue weighted by Gasteiger charge is -2.34. The van der Waals surface area contributed by atoms with Crippen molar-refractivity contribution in [1.29, 1.82) is 0 Å². The SMILES string of the molecule is Fc1cnc(N2CCN(CCN=C3CCNc4ccccc43)CC2)nc1.O=C(O)C=CC(=O)O. The highest BCUT2D eigenvalue weighted by molar-refractivity contribution is 6.06. The Morgan fingerprint density at radius 1 is 1.06 bits per heavy atom. The number of aliphatic imine (C=N–C) groups is 1. The average molecular weight is 471 g/mol. The molecule has 0 spiro atoms. The van der Waals surface area contributed by atoms with Crippen LogP contribution in [0.15, 0.2) is 53.8 Å². The molecule has 0 radical (unpaired) electrons. The zero-order valence-electron chi connectivity index (χ0n) is 18.6. The van der Waals surface area contributed by atoms with Gasteiger partial charge in [-0.2, -0.15) is 0 Å². The standard InChI is InChI=1S/C19H23FN6.C4H4O4/c20-15-13-23-19(24-14-15)26-11-9-25(10-12-26)8-7-22-18-5-6-21-17-4-2-1-3-16(17)18;5-3(6)1-2-4(7)8/h1-4,13-14,21H,5-12H2;1-2H,(H,5,6)(H,7,8). The van der Waals surface area contributed by atoms with E-state index in [0.717, 1.165) is 52.2 Å². The summed E-state index contributed by atoms with van der Waals surface area (Å²) in [5.74, 6) is -2.30. The van der Waals surface area contributed by atoms with E-state index in [1.165, 1.54) is 29.4 Å². The number of benzene rings is 1. The van der Waals surface area contributed by atoms with Crippen LogP contribution in [-0.4, -0.2) is 88.5 Å². The molecule has 0 unspecified atom stereocenters. The number of para-hydroxylation sites is 1. The molecule has 1 aromatic heterocycles. The van der Waals surface area contributed by atoms with Crippen LogP contribution in [0.25, 0.3) is 0 Å². The number of aliphatic carboxylic acids is 2. The minimum absolute atomic E-state index is 0.397. The summed E-state index contributed by atoms with van der Waals surface area (Å²) < 4.78 is 12.9. The van der Waals surface area contributed by atoms with Crippen LogP contribution in [-0.2, 0) is 9.59 Å². The molecular formula is C23H27FN6O4. The maximum absolute atomic E-state index is 12.9. The van der Waals surface area contributed by atoms with Crippen molar-refractivity contribution in [3.63, 3.8) is 0 Å². The Kier molecular flexibility index (Phi) is 9.04. The lowest BCUT2D eigenvalue weighted by Crippen LogP contribution is -2.47. The molecule has 2 aliphatic rings. The molecule has 0 bridgehead atoms. The van der Waals surface area contributed by atoms with Gasteiger partial charge in [-0.05, 0) is 6.07 Å². The summed E-state index contributed by atoms with van der Waals surface area (Å²) in [7, 11) is 0. The minimum atomic E-state index is -1.26. The Morgan fingerprint density at radius 3 is 2.35 bits per heavy atom. The number of fused-ring (bicyclic) bond motifs is 1. The summed E-state index contributed by atoms with van der Waals surface area (Å²) in [6.45, 7) is 6.33. The fourth-order valence-electron chi connectivity index (χ4n) is 3.61. The molecule has 2 aromatic rings. The highest BCUT2D eigenvalue weighted by atomic mass is 19.1. The van der Waals surface area contributed by atoms with E-state index in [1.807, 2.05) is 0 Å². The van der Waals surface area contributed by atoms with E-state index in [9.17, 15) is 14.0 Å². The van der Waals surface area contributed by atoms with Crippen LogP contribution in [0.1, 0.15) is 12.0 Å². The fourth-order valence-corrected chi connectivity index (χ4v) is 3.61. The van der Waals surface area contributed by atoms with E-state index in [4.69, 9.17) is 15.2 Å². The third-order valence-corrected chi connectivity index (χ3v) is 5.26. The number of carboxylic acid groups (broad SMARTS) is 2. The lowest BCUT2D eigenvalue weighted by molar-refractivity contribution is -0.134. The highest BCUT2D eigenvalue weighted by Crippen LogP contribution is 2.21. The minimum Gasteiger partial charge on any atom is -0.478 e. The van der Waals surface area contributed by atoms with Crippen LogP contribution in [0.4, 0.5) is 16.0 Å². The molecule has 1 fully saturated rings. The van der Waals surface area contributed by atoms with Crippen molar-refractivity contribution in [3.05, 3.63) is 60.2 Å². The predicted octanol–water partition coefficient (Wildman–Crippen LogP) is 1.75. The molecule has 3 N–H and O–H groups in total. The first-order valence-corrected chi connectivity index (χ1v) is 10.9. The van der Waals surface area contributed by atoms with Gasteiger partial charge in [0.1, 0.15) is 0 Å². The maximum atomic E-state index is 12.9. The Labute approximate surface area is 196 Å². The smallest absolute Gasteiger partial charge is 0.328 e. The normalized spacial score (nSPS) is 17.0. The number of carboxylic acids is 2. The largest absolute Gasteiger partial charge is 0.478 e. The van der Waals surface area contributed by atoms with E-state index in [2.05, 4.69) is 49.4 Å². The maximum Gasteiger partial charge on any atom is 0.328 e. The number of piperazine rings is 1. The second-order valence-corrected chi connectivity index (χ2v) is 7.59. The molecule has 3 heterocycles. The molecule has 4 rings (SSSR count). The van der Waals surface area contributed by atoms with Crippen LogP contribution in [0.5, 0.6) is 0 Å². The van der Waals surface area contributed by atoms with Gasteiger partial charge >= 0.3 is 11.9 Å². The third kappa shape index (κ3) is 7.62. The van der Waals surface area contributed by atoms with Gasteiger partial charge in [-0.1, -0.05) is 18.2 Å². The number of rotatable bonds is 6. The van der Waals surface area contributed by atoms with Gasteiger partial charge in [-0.15, -0.1) is 0 Å². The predicted molar refractivity (Wildman–Crippen MR) is 126 cm³/mol. The third-order valence-electron chi connectivity index (χ3n) is 5.26. The van der Waals surface area contributed by atoms with E-state index in [-0.39, 0.29) is 0 Å². The molecule has 1 saturated heterocycles. The number of halogens is 1. The van der Waals surface area contributed by atoms with Gasteiger partial charge in [0.15, 0.2) is 5.82 Å². The number of carbonyl (C=O) groups is 2. The molecule has 0 aliphatic carbocycles. The van der Waals surface area contributed by atoms with Gasteiger partial charge in [-0.25, -0.2) is 23.9 Å². The van der Waals surface area contributed by atoms with Crippen LogP contribution in [0, 0.1) is 5.82 Å². The van der Waals surface area contributed by atoms with Crippen LogP contribution < -0.4 is 10.2 Å². The molecule has 11 heteroatoms. The van der Waals surface area contributed by atoms with Crippen molar-refractivity contribution < 1.29 is 24.2 Å². The average Bonchev–Trinajstić information content (AvgIpc) is 2.84. The van der Waals surface area contributed by atoms with Gasteiger partial charge in [0.05, 0.1) is 18.9 Å².